The highest BCUT2D eigenvalue weighted by molar-refractivity contribution is 6.01. The standard InChI is InChI=1S/C32H33F3N4O/c1-2-19-7-3-8-20-9-4-10-22(26(19)20)27-24(34)15-23-29(25-11-5-13-36-25)37-31(38-30(23)28(27)35)40-18-32-12-6-14-39(32)17-21(33)16-32/h3-4,7-10,15,21,25,36H,2,5-6,11-14,16-18H2,1H3/t21-,25?,32+/m1/s1. The highest BCUT2D eigenvalue weighted by atomic mass is 19.1. The number of rotatable bonds is 6. The van der Waals surface area contributed by atoms with E-state index in [0.29, 0.717) is 29.6 Å². The van der Waals surface area contributed by atoms with Gasteiger partial charge in [0.15, 0.2) is 5.82 Å². The van der Waals surface area contributed by atoms with Gasteiger partial charge in [0.1, 0.15) is 24.1 Å². The molecule has 0 saturated carbocycles. The zero-order valence-corrected chi connectivity index (χ0v) is 22.7. The third-order valence-corrected chi connectivity index (χ3v) is 9.15. The minimum atomic E-state index is -0.878. The Morgan fingerprint density at radius 2 is 1.98 bits per heavy atom. The van der Waals surface area contributed by atoms with E-state index < -0.39 is 17.8 Å². The van der Waals surface area contributed by atoms with E-state index in [1.54, 1.807) is 6.07 Å². The van der Waals surface area contributed by atoms with Crippen LogP contribution in [-0.2, 0) is 6.42 Å². The van der Waals surface area contributed by atoms with Crippen LogP contribution in [0.2, 0.25) is 0 Å². The van der Waals surface area contributed by atoms with Gasteiger partial charge < -0.3 is 10.1 Å². The monoisotopic (exact) mass is 546 g/mol. The summed E-state index contributed by atoms with van der Waals surface area (Å²) in [6.07, 6.45) is 3.87. The maximum Gasteiger partial charge on any atom is 0.317 e. The molecule has 8 heteroatoms. The Labute approximate surface area is 231 Å². The fourth-order valence-electron chi connectivity index (χ4n) is 7.26. The Morgan fingerprint density at radius 1 is 1.12 bits per heavy atom. The number of hydrogen-bond donors (Lipinski definition) is 1. The number of ether oxygens (including phenoxy) is 1. The number of nitrogens with one attached hydrogen (secondary N) is 1. The molecule has 0 radical (unpaired) electrons. The Kier molecular flexibility index (Phi) is 6.43. The first-order valence-electron chi connectivity index (χ1n) is 14.4. The summed E-state index contributed by atoms with van der Waals surface area (Å²) < 4.78 is 53.0. The van der Waals surface area contributed by atoms with Crippen LogP contribution in [0.5, 0.6) is 6.01 Å². The lowest BCUT2D eigenvalue weighted by molar-refractivity contribution is 0.107. The van der Waals surface area contributed by atoms with Gasteiger partial charge in [0.05, 0.1) is 22.8 Å². The van der Waals surface area contributed by atoms with Crippen molar-refractivity contribution in [3.05, 3.63) is 65.4 Å². The van der Waals surface area contributed by atoms with Crippen LogP contribution < -0.4 is 10.1 Å². The second kappa shape index (κ2) is 10.00. The summed E-state index contributed by atoms with van der Waals surface area (Å²) in [4.78, 5) is 11.4. The van der Waals surface area contributed by atoms with E-state index in [0.717, 1.165) is 61.5 Å². The van der Waals surface area contributed by atoms with Crippen molar-refractivity contribution in [2.24, 2.45) is 0 Å². The van der Waals surface area contributed by atoms with Crippen molar-refractivity contribution in [3.8, 4) is 17.1 Å². The number of halogens is 3. The molecule has 4 aromatic rings. The third-order valence-electron chi connectivity index (χ3n) is 9.15. The Hall–Kier alpha value is -3.23. The number of benzene rings is 3. The molecule has 208 valence electrons. The van der Waals surface area contributed by atoms with Gasteiger partial charge in [-0.25, -0.2) is 13.2 Å². The molecule has 3 saturated heterocycles. The molecule has 1 unspecified atom stereocenters. The minimum absolute atomic E-state index is 0.0478. The lowest BCUT2D eigenvalue weighted by Gasteiger charge is -2.31. The molecule has 3 aliphatic heterocycles. The van der Waals surface area contributed by atoms with Crippen LogP contribution in [0.3, 0.4) is 0 Å². The maximum atomic E-state index is 16.6. The number of nitrogens with zero attached hydrogens (tertiary/aromatic N) is 3. The Morgan fingerprint density at radius 3 is 2.77 bits per heavy atom. The Balaban J connectivity index is 1.37. The maximum absolute atomic E-state index is 16.6. The largest absolute Gasteiger partial charge is 0.461 e. The van der Waals surface area contributed by atoms with E-state index in [4.69, 9.17) is 9.72 Å². The van der Waals surface area contributed by atoms with Gasteiger partial charge in [-0.2, -0.15) is 9.97 Å². The SMILES string of the molecule is CCc1cccc2cccc(-c3c(F)cc4c(C5CCCN5)nc(OC[C@@]56CCCN5C[C@H](F)C6)nc4c3F)c12. The van der Waals surface area contributed by atoms with Crippen molar-refractivity contribution < 1.29 is 17.9 Å². The number of fused-ring (bicyclic) bond motifs is 3. The van der Waals surface area contributed by atoms with Gasteiger partial charge in [-0.3, -0.25) is 4.90 Å². The number of hydrogen-bond acceptors (Lipinski definition) is 5. The quantitative estimate of drug-likeness (QED) is 0.293. The number of alkyl halides is 1. The van der Waals surface area contributed by atoms with Gasteiger partial charge >= 0.3 is 6.01 Å². The average Bonchev–Trinajstić information content (AvgIpc) is 3.68. The van der Waals surface area contributed by atoms with Crippen LogP contribution in [0.4, 0.5) is 13.2 Å². The van der Waals surface area contributed by atoms with Crippen LogP contribution >= 0.6 is 0 Å². The summed E-state index contributed by atoms with van der Waals surface area (Å²) in [5.41, 5.74) is 1.66. The van der Waals surface area contributed by atoms with Crippen molar-refractivity contribution in [1.82, 2.24) is 20.2 Å². The van der Waals surface area contributed by atoms with Gasteiger partial charge in [0.25, 0.3) is 0 Å². The summed E-state index contributed by atoms with van der Waals surface area (Å²) >= 11 is 0. The van der Waals surface area contributed by atoms with Gasteiger partial charge in [0.2, 0.25) is 0 Å². The highest BCUT2D eigenvalue weighted by Gasteiger charge is 2.49. The van der Waals surface area contributed by atoms with Crippen LogP contribution in [0.1, 0.15) is 56.3 Å². The van der Waals surface area contributed by atoms with Crippen molar-refractivity contribution in [3.63, 3.8) is 0 Å². The molecule has 7 rings (SSSR count). The summed E-state index contributed by atoms with van der Waals surface area (Å²) in [6, 6.07) is 12.8. The molecule has 3 fully saturated rings. The first kappa shape index (κ1) is 25.7. The summed E-state index contributed by atoms with van der Waals surface area (Å²) in [5, 5.41) is 5.54. The van der Waals surface area contributed by atoms with E-state index in [9.17, 15) is 4.39 Å². The van der Waals surface area contributed by atoms with E-state index >= 15 is 8.78 Å². The van der Waals surface area contributed by atoms with Crippen LogP contribution in [0.15, 0.2) is 42.5 Å². The molecule has 0 bridgehead atoms. The third kappa shape index (κ3) is 4.15. The molecule has 4 heterocycles. The zero-order chi connectivity index (χ0) is 27.4. The lowest BCUT2D eigenvalue weighted by atomic mass is 9.92. The van der Waals surface area contributed by atoms with Crippen LogP contribution in [0.25, 0.3) is 32.8 Å². The number of aromatic nitrogens is 2. The van der Waals surface area contributed by atoms with Crippen molar-refractivity contribution in [1.29, 1.82) is 0 Å². The number of aryl methyl sites for hydroxylation is 1. The topological polar surface area (TPSA) is 50.3 Å². The molecule has 0 spiro atoms. The predicted octanol–water partition coefficient (Wildman–Crippen LogP) is 6.67. The molecule has 3 aromatic carbocycles. The second-order valence-corrected chi connectivity index (χ2v) is 11.5. The van der Waals surface area contributed by atoms with Crippen molar-refractivity contribution >= 4 is 21.7 Å². The highest BCUT2D eigenvalue weighted by Crippen LogP contribution is 2.42. The predicted molar refractivity (Wildman–Crippen MR) is 150 cm³/mol. The van der Waals surface area contributed by atoms with Crippen molar-refractivity contribution in [2.45, 2.75) is 63.2 Å². The van der Waals surface area contributed by atoms with Gasteiger partial charge in [-0.05, 0) is 73.2 Å². The normalized spacial score (nSPS) is 24.8. The zero-order valence-electron chi connectivity index (χ0n) is 22.7. The second-order valence-electron chi connectivity index (χ2n) is 11.5. The Bertz CT molecular complexity index is 1600. The molecule has 3 atom stereocenters. The summed E-state index contributed by atoms with van der Waals surface area (Å²) in [7, 11) is 0. The molecule has 5 nitrogen and oxygen atoms in total. The summed E-state index contributed by atoms with van der Waals surface area (Å²) in [5.74, 6) is -1.36. The molecular weight excluding hydrogens is 513 g/mol. The molecule has 1 N–H and O–H groups in total. The minimum Gasteiger partial charge on any atom is -0.461 e. The molecule has 3 aliphatic rings. The lowest BCUT2D eigenvalue weighted by Crippen LogP contribution is -2.43. The van der Waals surface area contributed by atoms with Gasteiger partial charge in [-0.15, -0.1) is 0 Å². The van der Waals surface area contributed by atoms with E-state index in [1.807, 2.05) is 37.3 Å². The first-order chi connectivity index (χ1) is 19.5. The van der Waals surface area contributed by atoms with Crippen LogP contribution in [-0.4, -0.2) is 52.8 Å². The molecule has 40 heavy (non-hydrogen) atoms. The fraction of sp³-hybridized carbons (Fsp3) is 0.438. The van der Waals surface area contributed by atoms with E-state index in [2.05, 4.69) is 15.2 Å². The molecule has 0 amide bonds. The molecule has 0 aliphatic carbocycles. The smallest absolute Gasteiger partial charge is 0.317 e. The molecule has 1 aromatic heterocycles. The van der Waals surface area contributed by atoms with Gasteiger partial charge in [-0.1, -0.05) is 43.3 Å². The van der Waals surface area contributed by atoms with Crippen LogP contribution in [0, 0.1) is 11.6 Å². The van der Waals surface area contributed by atoms with E-state index in [1.165, 1.54) is 6.07 Å². The van der Waals surface area contributed by atoms with Gasteiger partial charge in [0, 0.05) is 18.4 Å². The summed E-state index contributed by atoms with van der Waals surface area (Å²) in [6.45, 7) is 4.36. The van der Waals surface area contributed by atoms with Crippen molar-refractivity contribution in [2.75, 3.05) is 26.2 Å². The van der Waals surface area contributed by atoms with E-state index in [-0.39, 0.29) is 35.3 Å². The average molecular weight is 547 g/mol. The fourth-order valence-corrected chi connectivity index (χ4v) is 7.26. The first-order valence-corrected chi connectivity index (χ1v) is 14.4. The molecular formula is C32H33F3N4O.